The highest BCUT2D eigenvalue weighted by Gasteiger charge is 2.18. The lowest BCUT2D eigenvalue weighted by molar-refractivity contribution is -0.122. The van der Waals surface area contributed by atoms with E-state index in [4.69, 9.17) is 9.47 Å². The molecule has 0 fully saturated rings. The maximum atomic E-state index is 13.7. The normalized spacial score (nSPS) is 11.8. The maximum Gasteiger partial charge on any atom is 0.265 e. The van der Waals surface area contributed by atoms with Gasteiger partial charge in [-0.05, 0) is 49.7 Å². The number of halogens is 1. The minimum Gasteiger partial charge on any atom is -0.491 e. The van der Waals surface area contributed by atoms with Gasteiger partial charge in [0.1, 0.15) is 11.3 Å². The van der Waals surface area contributed by atoms with E-state index in [0.29, 0.717) is 23.6 Å². The second kappa shape index (κ2) is 9.17. The average Bonchev–Trinajstić information content (AvgIpc) is 2.71. The van der Waals surface area contributed by atoms with Crippen molar-refractivity contribution >= 4 is 22.5 Å². The van der Waals surface area contributed by atoms with Crippen LogP contribution in [0.3, 0.4) is 0 Å². The van der Waals surface area contributed by atoms with Gasteiger partial charge in [0.05, 0.1) is 12.3 Å². The van der Waals surface area contributed by atoms with Crippen LogP contribution in [0.5, 0.6) is 11.5 Å². The van der Waals surface area contributed by atoms with Crippen molar-refractivity contribution in [3.8, 4) is 11.5 Å². The zero-order valence-electron chi connectivity index (χ0n) is 15.9. The van der Waals surface area contributed by atoms with Crippen molar-refractivity contribution in [2.75, 3.05) is 11.9 Å². The van der Waals surface area contributed by atoms with Crippen molar-refractivity contribution in [3.05, 3.63) is 60.5 Å². The number of carbonyl (C=O) groups excluding carboxylic acids is 1. The number of fused-ring (bicyclic) bond motifs is 1. The van der Waals surface area contributed by atoms with Gasteiger partial charge in [0.2, 0.25) is 0 Å². The van der Waals surface area contributed by atoms with E-state index in [1.165, 1.54) is 12.1 Å². The van der Waals surface area contributed by atoms with E-state index in [1.807, 2.05) is 6.07 Å². The number of amides is 1. The van der Waals surface area contributed by atoms with Crippen molar-refractivity contribution in [1.29, 1.82) is 0 Å². The van der Waals surface area contributed by atoms with Gasteiger partial charge in [-0.2, -0.15) is 0 Å². The minimum atomic E-state index is -0.871. The minimum absolute atomic E-state index is 0.0383. The topological polar surface area (TPSA) is 60.5 Å². The molecule has 3 aromatic rings. The van der Waals surface area contributed by atoms with Crippen LogP contribution in [0.15, 0.2) is 54.7 Å². The van der Waals surface area contributed by atoms with Crippen molar-refractivity contribution in [2.45, 2.75) is 32.8 Å². The first kappa shape index (κ1) is 19.6. The molecule has 1 heterocycles. The van der Waals surface area contributed by atoms with Crippen LogP contribution in [0.1, 0.15) is 26.7 Å². The summed E-state index contributed by atoms with van der Waals surface area (Å²) < 4.78 is 25.0. The van der Waals surface area contributed by atoms with Crippen LogP contribution >= 0.6 is 0 Å². The summed E-state index contributed by atoms with van der Waals surface area (Å²) in [5.74, 6) is -0.174. The zero-order valence-corrected chi connectivity index (χ0v) is 15.9. The molecule has 0 bridgehead atoms. The van der Waals surface area contributed by atoms with Crippen LogP contribution in [0, 0.1) is 5.82 Å². The highest BCUT2D eigenvalue weighted by Crippen LogP contribution is 2.30. The summed E-state index contributed by atoms with van der Waals surface area (Å²) in [7, 11) is 0. The van der Waals surface area contributed by atoms with Crippen LogP contribution in [-0.4, -0.2) is 23.6 Å². The molecular formula is C22H23FN2O3. The van der Waals surface area contributed by atoms with Crippen molar-refractivity contribution in [3.63, 3.8) is 0 Å². The molecule has 0 spiro atoms. The molecule has 6 heteroatoms. The van der Waals surface area contributed by atoms with E-state index in [9.17, 15) is 9.18 Å². The predicted molar refractivity (Wildman–Crippen MR) is 107 cm³/mol. The van der Waals surface area contributed by atoms with Gasteiger partial charge < -0.3 is 14.8 Å². The van der Waals surface area contributed by atoms with Gasteiger partial charge in [0.15, 0.2) is 17.7 Å². The fourth-order valence-corrected chi connectivity index (χ4v) is 2.72. The summed E-state index contributed by atoms with van der Waals surface area (Å²) in [5.41, 5.74) is 1.28. The third-order valence-electron chi connectivity index (χ3n) is 4.26. The molecule has 1 unspecified atom stereocenters. The number of nitrogens with one attached hydrogen (secondary N) is 1. The first-order valence-corrected chi connectivity index (χ1v) is 9.32. The number of hydrogen-bond acceptors (Lipinski definition) is 4. The summed E-state index contributed by atoms with van der Waals surface area (Å²) in [6, 6.07) is 13.2. The van der Waals surface area contributed by atoms with E-state index in [-0.39, 0.29) is 11.7 Å². The van der Waals surface area contributed by atoms with Crippen LogP contribution in [0.25, 0.3) is 10.9 Å². The van der Waals surface area contributed by atoms with Crippen molar-refractivity contribution < 1.29 is 18.7 Å². The Hall–Kier alpha value is -3.15. The summed E-state index contributed by atoms with van der Waals surface area (Å²) in [6.45, 7) is 4.29. The molecule has 0 aliphatic heterocycles. The fourth-order valence-electron chi connectivity index (χ4n) is 2.72. The van der Waals surface area contributed by atoms with Gasteiger partial charge in [0.25, 0.3) is 5.91 Å². The SMILES string of the molecule is CCCCOc1ccc(NC(=O)C(C)Oc2ccccc2F)c2cccnc12. The zero-order chi connectivity index (χ0) is 19.9. The Balaban J connectivity index is 1.77. The number of carbonyl (C=O) groups is 1. The number of benzene rings is 2. The van der Waals surface area contributed by atoms with E-state index >= 15 is 0 Å². The lowest BCUT2D eigenvalue weighted by Crippen LogP contribution is -2.30. The Morgan fingerprint density at radius 1 is 1.14 bits per heavy atom. The Morgan fingerprint density at radius 2 is 1.96 bits per heavy atom. The Labute approximate surface area is 163 Å². The van der Waals surface area contributed by atoms with Gasteiger partial charge >= 0.3 is 0 Å². The molecule has 0 radical (unpaired) electrons. The van der Waals surface area contributed by atoms with E-state index in [0.717, 1.165) is 18.2 Å². The van der Waals surface area contributed by atoms with Crippen LogP contribution in [-0.2, 0) is 4.79 Å². The molecule has 1 aromatic heterocycles. The van der Waals surface area contributed by atoms with Crippen LogP contribution < -0.4 is 14.8 Å². The molecule has 146 valence electrons. The number of anilines is 1. The second-order valence-electron chi connectivity index (χ2n) is 6.39. The molecule has 0 saturated carbocycles. The first-order valence-electron chi connectivity index (χ1n) is 9.32. The van der Waals surface area contributed by atoms with Crippen LogP contribution in [0.4, 0.5) is 10.1 Å². The number of unbranched alkanes of at least 4 members (excludes halogenated alkanes) is 1. The third-order valence-corrected chi connectivity index (χ3v) is 4.26. The molecule has 0 aliphatic rings. The van der Waals surface area contributed by atoms with Crippen molar-refractivity contribution in [1.82, 2.24) is 4.98 Å². The summed E-state index contributed by atoms with van der Waals surface area (Å²) in [4.78, 5) is 17.0. The average molecular weight is 382 g/mol. The first-order chi connectivity index (χ1) is 13.6. The van der Waals surface area contributed by atoms with E-state index in [2.05, 4.69) is 17.2 Å². The van der Waals surface area contributed by atoms with Crippen LogP contribution in [0.2, 0.25) is 0 Å². The number of hydrogen-bond donors (Lipinski definition) is 1. The molecule has 0 aliphatic carbocycles. The molecule has 0 saturated heterocycles. The number of ether oxygens (including phenoxy) is 2. The van der Waals surface area contributed by atoms with E-state index < -0.39 is 11.9 Å². The standard InChI is InChI=1S/C22H23FN2O3/c1-3-4-14-27-20-12-11-18(16-8-7-13-24-21(16)20)25-22(26)15(2)28-19-10-6-5-9-17(19)23/h5-13,15H,3-4,14H2,1-2H3,(H,25,26). The highest BCUT2D eigenvalue weighted by molar-refractivity contribution is 6.04. The van der Waals surface area contributed by atoms with Gasteiger partial charge in [-0.15, -0.1) is 0 Å². The molecule has 5 nitrogen and oxygen atoms in total. The second-order valence-corrected chi connectivity index (χ2v) is 6.39. The molecule has 1 N–H and O–H groups in total. The quantitative estimate of drug-likeness (QED) is 0.560. The molecule has 1 atom stereocenters. The summed E-state index contributed by atoms with van der Waals surface area (Å²) in [6.07, 6.45) is 2.81. The Bertz CT molecular complexity index is 961. The van der Waals surface area contributed by atoms with Crippen molar-refractivity contribution in [2.24, 2.45) is 0 Å². The monoisotopic (exact) mass is 382 g/mol. The summed E-state index contributed by atoms with van der Waals surface area (Å²) in [5, 5.41) is 3.60. The molecule has 2 aromatic carbocycles. The van der Waals surface area contributed by atoms with Gasteiger partial charge in [-0.1, -0.05) is 25.5 Å². The lowest BCUT2D eigenvalue weighted by Gasteiger charge is -2.17. The van der Waals surface area contributed by atoms with Gasteiger partial charge in [-0.25, -0.2) is 4.39 Å². The smallest absolute Gasteiger partial charge is 0.265 e. The molecule has 1 amide bonds. The number of para-hydroxylation sites is 1. The highest BCUT2D eigenvalue weighted by atomic mass is 19.1. The van der Waals surface area contributed by atoms with Gasteiger partial charge in [-0.3, -0.25) is 9.78 Å². The fraction of sp³-hybridized carbons (Fsp3) is 0.273. The number of pyridine rings is 1. The number of nitrogens with zero attached hydrogens (tertiary/aromatic N) is 1. The maximum absolute atomic E-state index is 13.7. The van der Waals surface area contributed by atoms with Gasteiger partial charge in [0, 0.05) is 11.6 Å². The lowest BCUT2D eigenvalue weighted by atomic mass is 10.1. The largest absolute Gasteiger partial charge is 0.491 e. The predicted octanol–water partition coefficient (Wildman–Crippen LogP) is 4.96. The summed E-state index contributed by atoms with van der Waals surface area (Å²) >= 11 is 0. The Kier molecular flexibility index (Phi) is 6.42. The molecule has 3 rings (SSSR count). The Morgan fingerprint density at radius 3 is 2.75 bits per heavy atom. The molecule has 28 heavy (non-hydrogen) atoms. The number of rotatable bonds is 8. The third kappa shape index (κ3) is 4.57. The van der Waals surface area contributed by atoms with E-state index in [1.54, 1.807) is 43.5 Å². The number of aromatic nitrogens is 1. The molecular weight excluding hydrogens is 359 g/mol.